The summed E-state index contributed by atoms with van der Waals surface area (Å²) in [6.07, 6.45) is -0.0207. The zero-order valence-electron chi connectivity index (χ0n) is 14.1. The number of carboxylic acid groups (broad SMARTS) is 1. The van der Waals surface area contributed by atoms with Gasteiger partial charge in [-0.05, 0) is 30.3 Å². The third-order valence-electron chi connectivity index (χ3n) is 4.24. The van der Waals surface area contributed by atoms with Gasteiger partial charge in [-0.1, -0.05) is 18.2 Å². The van der Waals surface area contributed by atoms with Crippen LogP contribution < -0.4 is 15.0 Å². The first-order chi connectivity index (χ1) is 12.5. The number of hydrogen-bond donors (Lipinski definition) is 2. The predicted octanol–water partition coefficient (Wildman–Crippen LogP) is 2.39. The Bertz CT molecular complexity index is 865. The fraction of sp³-hybridized carbons (Fsp3) is 0.211. The van der Waals surface area contributed by atoms with E-state index >= 15 is 0 Å². The van der Waals surface area contributed by atoms with Gasteiger partial charge in [0.2, 0.25) is 5.91 Å². The van der Waals surface area contributed by atoms with E-state index in [0.717, 1.165) is 0 Å². The number of carboxylic acids is 1. The number of benzene rings is 2. The van der Waals surface area contributed by atoms with Crippen LogP contribution in [0.3, 0.4) is 0 Å². The molecule has 0 radical (unpaired) electrons. The number of aliphatic carboxylic acids is 1. The molecule has 0 bridgehead atoms. The highest BCUT2D eigenvalue weighted by Crippen LogP contribution is 2.28. The van der Waals surface area contributed by atoms with Crippen molar-refractivity contribution in [3.63, 3.8) is 0 Å². The number of nitrogens with zero attached hydrogens (tertiary/aromatic N) is 1. The quantitative estimate of drug-likeness (QED) is 0.859. The molecule has 1 atom stereocenters. The molecule has 0 spiro atoms. The van der Waals surface area contributed by atoms with Crippen molar-refractivity contribution in [2.24, 2.45) is 5.92 Å². The molecule has 1 fully saturated rings. The van der Waals surface area contributed by atoms with Gasteiger partial charge in [-0.15, -0.1) is 0 Å². The third kappa shape index (κ3) is 3.51. The number of anilines is 2. The van der Waals surface area contributed by atoms with Gasteiger partial charge in [-0.2, -0.15) is 0 Å². The molecule has 7 nitrogen and oxygen atoms in total. The van der Waals surface area contributed by atoms with E-state index in [9.17, 15) is 14.4 Å². The van der Waals surface area contributed by atoms with Gasteiger partial charge in [0.05, 0.1) is 18.6 Å². The highest BCUT2D eigenvalue weighted by Gasteiger charge is 2.35. The number of carbonyl (C=O) groups is 3. The Morgan fingerprint density at radius 1 is 1.19 bits per heavy atom. The first-order valence-corrected chi connectivity index (χ1v) is 8.07. The summed E-state index contributed by atoms with van der Waals surface area (Å²) >= 11 is 0. The van der Waals surface area contributed by atoms with E-state index in [0.29, 0.717) is 22.7 Å². The van der Waals surface area contributed by atoms with Crippen LogP contribution in [0.2, 0.25) is 0 Å². The molecule has 26 heavy (non-hydrogen) atoms. The lowest BCUT2D eigenvalue weighted by atomic mass is 10.1. The molecule has 2 aromatic rings. The molecular formula is C19H18N2O5. The Kier molecular flexibility index (Phi) is 4.88. The maximum Gasteiger partial charge on any atom is 0.308 e. The minimum absolute atomic E-state index is 0.0207. The normalized spacial score (nSPS) is 16.4. The van der Waals surface area contributed by atoms with Crippen LogP contribution in [0.1, 0.15) is 16.8 Å². The van der Waals surface area contributed by atoms with Crippen LogP contribution in [-0.2, 0) is 9.59 Å². The van der Waals surface area contributed by atoms with Crippen molar-refractivity contribution < 1.29 is 24.2 Å². The van der Waals surface area contributed by atoms with E-state index in [-0.39, 0.29) is 24.8 Å². The highest BCUT2D eigenvalue weighted by atomic mass is 16.5. The first-order valence-electron chi connectivity index (χ1n) is 8.07. The van der Waals surface area contributed by atoms with Gasteiger partial charge < -0.3 is 20.1 Å². The zero-order chi connectivity index (χ0) is 18.7. The van der Waals surface area contributed by atoms with Crippen molar-refractivity contribution in [3.8, 4) is 5.75 Å². The van der Waals surface area contributed by atoms with Gasteiger partial charge in [-0.25, -0.2) is 0 Å². The Morgan fingerprint density at radius 2 is 1.96 bits per heavy atom. The minimum Gasteiger partial charge on any atom is -0.496 e. The molecule has 1 aliphatic heterocycles. The largest absolute Gasteiger partial charge is 0.496 e. The summed E-state index contributed by atoms with van der Waals surface area (Å²) in [5.74, 6) is -1.82. The van der Waals surface area contributed by atoms with E-state index < -0.39 is 11.9 Å². The molecule has 7 heteroatoms. The Hall–Kier alpha value is -3.35. The molecule has 0 saturated carbocycles. The molecule has 1 unspecified atom stereocenters. The molecular weight excluding hydrogens is 336 g/mol. The molecule has 2 amide bonds. The number of para-hydroxylation sites is 1. The molecule has 134 valence electrons. The lowest BCUT2D eigenvalue weighted by molar-refractivity contribution is -0.141. The van der Waals surface area contributed by atoms with Crippen LogP contribution in [0, 0.1) is 5.92 Å². The average molecular weight is 354 g/mol. The van der Waals surface area contributed by atoms with Gasteiger partial charge in [0, 0.05) is 24.3 Å². The lowest BCUT2D eigenvalue weighted by Gasteiger charge is -2.17. The number of ether oxygens (including phenoxy) is 1. The van der Waals surface area contributed by atoms with Crippen LogP contribution in [0.15, 0.2) is 48.5 Å². The summed E-state index contributed by atoms with van der Waals surface area (Å²) in [5.41, 5.74) is 1.45. The van der Waals surface area contributed by atoms with Crippen molar-refractivity contribution >= 4 is 29.2 Å². The molecule has 1 saturated heterocycles. The molecule has 0 aliphatic carbocycles. The third-order valence-corrected chi connectivity index (χ3v) is 4.24. The van der Waals surface area contributed by atoms with Crippen LogP contribution >= 0.6 is 0 Å². The van der Waals surface area contributed by atoms with Gasteiger partial charge in [0.25, 0.3) is 5.91 Å². The smallest absolute Gasteiger partial charge is 0.308 e. The Balaban J connectivity index is 1.79. The average Bonchev–Trinajstić information content (AvgIpc) is 3.04. The zero-order valence-corrected chi connectivity index (χ0v) is 14.1. The summed E-state index contributed by atoms with van der Waals surface area (Å²) in [6, 6.07) is 13.6. The Morgan fingerprint density at radius 3 is 2.65 bits per heavy atom. The molecule has 0 aromatic heterocycles. The molecule has 2 aromatic carbocycles. The van der Waals surface area contributed by atoms with E-state index in [1.807, 2.05) is 0 Å². The molecule has 1 aliphatic rings. The minimum atomic E-state index is -0.985. The maximum absolute atomic E-state index is 12.5. The van der Waals surface area contributed by atoms with Crippen LogP contribution in [0.4, 0.5) is 11.4 Å². The number of amides is 2. The second kappa shape index (κ2) is 7.26. The number of methoxy groups -OCH3 is 1. The van der Waals surface area contributed by atoms with E-state index in [2.05, 4.69) is 5.32 Å². The first kappa shape index (κ1) is 17.5. The number of hydrogen-bond acceptors (Lipinski definition) is 4. The number of nitrogens with one attached hydrogen (secondary N) is 1. The SMILES string of the molecule is COc1ccccc1C(=O)Nc1cccc(N2CC(C(=O)O)CC2=O)c1. The van der Waals surface area contributed by atoms with E-state index in [1.165, 1.54) is 12.0 Å². The fourth-order valence-electron chi connectivity index (χ4n) is 2.90. The van der Waals surface area contributed by atoms with Gasteiger partial charge in [0.1, 0.15) is 5.75 Å². The van der Waals surface area contributed by atoms with Crippen molar-refractivity contribution in [2.75, 3.05) is 23.9 Å². The standard InChI is InChI=1S/C19H18N2O5/c1-26-16-8-3-2-7-15(16)18(23)20-13-5-4-6-14(10-13)21-11-12(19(24)25)9-17(21)22/h2-8,10,12H,9,11H2,1H3,(H,20,23)(H,24,25). The van der Waals surface area contributed by atoms with Crippen molar-refractivity contribution in [3.05, 3.63) is 54.1 Å². The topological polar surface area (TPSA) is 95.9 Å². The molecule has 3 rings (SSSR count). The number of carbonyl (C=O) groups excluding carboxylic acids is 2. The Labute approximate surface area is 150 Å². The lowest BCUT2D eigenvalue weighted by Crippen LogP contribution is -2.25. The fourth-order valence-corrected chi connectivity index (χ4v) is 2.90. The molecule has 1 heterocycles. The van der Waals surface area contributed by atoms with E-state index in [4.69, 9.17) is 9.84 Å². The van der Waals surface area contributed by atoms with Crippen LogP contribution in [0.5, 0.6) is 5.75 Å². The summed E-state index contributed by atoms with van der Waals surface area (Å²) in [5, 5.41) is 11.9. The van der Waals surface area contributed by atoms with Gasteiger partial charge in [0.15, 0.2) is 0 Å². The maximum atomic E-state index is 12.5. The van der Waals surface area contributed by atoms with Crippen molar-refractivity contribution in [1.82, 2.24) is 0 Å². The van der Waals surface area contributed by atoms with Crippen molar-refractivity contribution in [2.45, 2.75) is 6.42 Å². The van der Waals surface area contributed by atoms with Crippen LogP contribution in [0.25, 0.3) is 0 Å². The van der Waals surface area contributed by atoms with Gasteiger partial charge >= 0.3 is 5.97 Å². The second-order valence-corrected chi connectivity index (χ2v) is 5.95. The summed E-state index contributed by atoms with van der Waals surface area (Å²) in [4.78, 5) is 37.1. The predicted molar refractivity (Wildman–Crippen MR) is 95.5 cm³/mol. The monoisotopic (exact) mass is 354 g/mol. The summed E-state index contributed by atoms with van der Waals surface area (Å²) in [7, 11) is 1.49. The van der Waals surface area contributed by atoms with Crippen LogP contribution in [-0.4, -0.2) is 36.5 Å². The summed E-state index contributed by atoms with van der Waals surface area (Å²) in [6.45, 7) is 0.123. The number of rotatable bonds is 5. The van der Waals surface area contributed by atoms with Gasteiger partial charge in [-0.3, -0.25) is 14.4 Å². The molecule has 2 N–H and O–H groups in total. The summed E-state index contributed by atoms with van der Waals surface area (Å²) < 4.78 is 5.19. The van der Waals surface area contributed by atoms with E-state index in [1.54, 1.807) is 48.5 Å². The second-order valence-electron chi connectivity index (χ2n) is 5.95. The van der Waals surface area contributed by atoms with Crippen molar-refractivity contribution in [1.29, 1.82) is 0 Å². The highest BCUT2D eigenvalue weighted by molar-refractivity contribution is 6.06.